The number of hydrogen-bond acceptors (Lipinski definition) is 8. The van der Waals surface area contributed by atoms with Gasteiger partial charge in [0.25, 0.3) is 5.91 Å². The Morgan fingerprint density at radius 1 is 1.32 bits per heavy atom. The van der Waals surface area contributed by atoms with Crippen LogP contribution < -0.4 is 26.4 Å². The number of benzene rings is 1. The summed E-state index contributed by atoms with van der Waals surface area (Å²) in [5.41, 5.74) is 13.3. The number of hydrogen-bond donors (Lipinski definition) is 4. The van der Waals surface area contributed by atoms with E-state index in [1.54, 1.807) is 0 Å². The van der Waals surface area contributed by atoms with Gasteiger partial charge in [-0.2, -0.15) is 0 Å². The van der Waals surface area contributed by atoms with Crippen LogP contribution in [-0.2, 0) is 6.42 Å². The van der Waals surface area contributed by atoms with E-state index in [4.69, 9.17) is 21.2 Å². The number of amides is 1. The van der Waals surface area contributed by atoms with E-state index < -0.39 is 12.0 Å². The van der Waals surface area contributed by atoms with Crippen molar-refractivity contribution in [3.05, 3.63) is 46.8 Å². The highest BCUT2D eigenvalue weighted by Crippen LogP contribution is 2.37. The van der Waals surface area contributed by atoms with Gasteiger partial charge in [-0.3, -0.25) is 4.79 Å². The molecular formula is C25H33N5O3S. The van der Waals surface area contributed by atoms with E-state index in [9.17, 15) is 9.90 Å². The highest BCUT2D eigenvalue weighted by molar-refractivity contribution is 7.21. The van der Waals surface area contributed by atoms with Crippen molar-refractivity contribution < 1.29 is 14.6 Å². The number of rotatable bonds is 10. The van der Waals surface area contributed by atoms with Crippen LogP contribution in [-0.4, -0.2) is 54.4 Å². The second-order valence-corrected chi connectivity index (χ2v) is 9.73. The lowest BCUT2D eigenvalue weighted by molar-refractivity contribution is 0.100. The maximum absolute atomic E-state index is 11.8. The Kier molecular flexibility index (Phi) is 7.87. The van der Waals surface area contributed by atoms with Crippen molar-refractivity contribution in [3.63, 3.8) is 0 Å². The topological polar surface area (TPSA) is 127 Å². The van der Waals surface area contributed by atoms with Gasteiger partial charge in [-0.15, -0.1) is 11.3 Å². The van der Waals surface area contributed by atoms with Crippen molar-refractivity contribution in [1.29, 1.82) is 0 Å². The second kappa shape index (κ2) is 11.0. The highest BCUT2D eigenvalue weighted by atomic mass is 32.1. The number of aryl methyl sites for hydroxylation is 1. The maximum Gasteiger partial charge on any atom is 0.260 e. The molecule has 1 aromatic carbocycles. The lowest BCUT2D eigenvalue weighted by Gasteiger charge is -2.34. The standard InChI is InChI=1S/C25H33N5O3S/c1-2-6-16-13-20(29-25-21(16)22(26)23(34-25)24(27)32)30-11-9-17(10-12-30)28-14-18(31)15-33-19-7-4-3-5-8-19/h3-5,7-8,13,17-18,28,31H,2,6,9-12,14-15,26H2,1H3,(H2,27,32). The van der Waals surface area contributed by atoms with Gasteiger partial charge in [0.05, 0.1) is 5.69 Å². The zero-order chi connectivity index (χ0) is 24.1. The minimum absolute atomic E-state index is 0.261. The van der Waals surface area contributed by atoms with Gasteiger partial charge in [-0.1, -0.05) is 31.5 Å². The molecule has 182 valence electrons. The van der Waals surface area contributed by atoms with Gasteiger partial charge in [-0.25, -0.2) is 4.98 Å². The first-order valence-electron chi connectivity index (χ1n) is 11.8. The van der Waals surface area contributed by atoms with Crippen LogP contribution in [0.5, 0.6) is 5.75 Å². The number of anilines is 2. The third-order valence-corrected chi connectivity index (χ3v) is 7.27. The molecule has 0 bridgehead atoms. The van der Waals surface area contributed by atoms with Gasteiger partial charge in [-0.05, 0) is 43.0 Å². The number of para-hydroxylation sites is 1. The molecule has 1 fully saturated rings. The number of pyridine rings is 1. The molecule has 1 atom stereocenters. The van der Waals surface area contributed by atoms with E-state index in [1.807, 2.05) is 30.3 Å². The third kappa shape index (κ3) is 5.60. The van der Waals surface area contributed by atoms with Crippen molar-refractivity contribution >= 4 is 39.0 Å². The molecule has 1 unspecified atom stereocenters. The van der Waals surface area contributed by atoms with Gasteiger partial charge in [0.15, 0.2) is 0 Å². The molecule has 1 aliphatic heterocycles. The Morgan fingerprint density at radius 3 is 2.74 bits per heavy atom. The van der Waals surface area contributed by atoms with Crippen molar-refractivity contribution in [2.24, 2.45) is 5.73 Å². The molecule has 1 amide bonds. The first-order chi connectivity index (χ1) is 16.5. The van der Waals surface area contributed by atoms with Crippen LogP contribution in [0.3, 0.4) is 0 Å². The summed E-state index contributed by atoms with van der Waals surface area (Å²) >= 11 is 1.28. The largest absolute Gasteiger partial charge is 0.491 e. The van der Waals surface area contributed by atoms with E-state index in [0.29, 0.717) is 23.2 Å². The Bertz CT molecular complexity index is 1110. The van der Waals surface area contributed by atoms with Crippen LogP contribution in [0.25, 0.3) is 10.2 Å². The molecule has 4 rings (SSSR count). The monoisotopic (exact) mass is 483 g/mol. The van der Waals surface area contributed by atoms with Crippen LogP contribution in [0, 0.1) is 0 Å². The number of fused-ring (bicyclic) bond motifs is 1. The molecule has 6 N–H and O–H groups in total. The van der Waals surface area contributed by atoms with E-state index in [1.165, 1.54) is 11.3 Å². The molecule has 0 spiro atoms. The summed E-state index contributed by atoms with van der Waals surface area (Å²) in [5.74, 6) is 1.17. The predicted octanol–water partition coefficient (Wildman–Crippen LogP) is 2.93. The van der Waals surface area contributed by atoms with Gasteiger partial charge in [0.2, 0.25) is 0 Å². The number of nitrogens with one attached hydrogen (secondary N) is 1. The Hall–Kier alpha value is -2.88. The van der Waals surface area contributed by atoms with Gasteiger partial charge in [0, 0.05) is 31.1 Å². The van der Waals surface area contributed by atoms with Crippen molar-refractivity contribution in [2.45, 2.75) is 44.8 Å². The summed E-state index contributed by atoms with van der Waals surface area (Å²) in [6.45, 7) is 4.60. The summed E-state index contributed by atoms with van der Waals surface area (Å²) in [5, 5.41) is 14.6. The Labute approximate surface area is 203 Å². The van der Waals surface area contributed by atoms with Crippen LogP contribution in [0.4, 0.5) is 11.5 Å². The second-order valence-electron chi connectivity index (χ2n) is 8.73. The van der Waals surface area contributed by atoms with Crippen LogP contribution in [0.2, 0.25) is 0 Å². The number of ether oxygens (including phenoxy) is 1. The quantitative estimate of drug-likeness (QED) is 0.349. The van der Waals surface area contributed by atoms with E-state index in [-0.39, 0.29) is 6.61 Å². The first-order valence-corrected chi connectivity index (χ1v) is 12.6. The number of carbonyl (C=O) groups excluding carboxylic acids is 1. The molecule has 3 aromatic rings. The molecular weight excluding hydrogens is 450 g/mol. The number of nitrogens with zero attached hydrogens (tertiary/aromatic N) is 2. The summed E-state index contributed by atoms with van der Waals surface area (Å²) in [4.78, 5) is 20.1. The number of primary amides is 1. The molecule has 2 aromatic heterocycles. The van der Waals surface area contributed by atoms with Gasteiger partial charge < -0.3 is 31.5 Å². The first kappa shape index (κ1) is 24.3. The van der Waals surface area contributed by atoms with Crippen molar-refractivity contribution in [2.75, 3.05) is 36.9 Å². The van der Waals surface area contributed by atoms with Gasteiger partial charge in [0.1, 0.15) is 34.0 Å². The summed E-state index contributed by atoms with van der Waals surface area (Å²) in [6, 6.07) is 12.0. The molecule has 1 aliphatic rings. The molecule has 8 nitrogen and oxygen atoms in total. The number of thiophene rings is 1. The SMILES string of the molecule is CCCc1cc(N2CCC(NCC(O)COc3ccccc3)CC2)nc2sc(C(N)=O)c(N)c12. The average molecular weight is 484 g/mol. The van der Waals surface area contributed by atoms with Crippen LogP contribution in [0.1, 0.15) is 41.4 Å². The number of aromatic nitrogens is 1. The molecule has 0 saturated carbocycles. The lowest BCUT2D eigenvalue weighted by atomic mass is 10.0. The van der Waals surface area contributed by atoms with Crippen molar-refractivity contribution in [3.8, 4) is 5.75 Å². The summed E-state index contributed by atoms with van der Waals surface area (Å²) in [6.07, 6.45) is 3.18. The predicted molar refractivity (Wildman–Crippen MR) is 138 cm³/mol. The average Bonchev–Trinajstić information content (AvgIpc) is 3.19. The Morgan fingerprint density at radius 2 is 2.06 bits per heavy atom. The zero-order valence-electron chi connectivity index (χ0n) is 19.5. The fourth-order valence-electron chi connectivity index (χ4n) is 4.38. The third-order valence-electron chi connectivity index (χ3n) is 6.16. The molecule has 34 heavy (non-hydrogen) atoms. The smallest absolute Gasteiger partial charge is 0.260 e. The summed E-state index contributed by atoms with van der Waals surface area (Å²) in [7, 11) is 0. The number of aliphatic hydroxyl groups is 1. The van der Waals surface area contributed by atoms with Crippen molar-refractivity contribution in [1.82, 2.24) is 10.3 Å². The minimum Gasteiger partial charge on any atom is -0.491 e. The van der Waals surface area contributed by atoms with Crippen LogP contribution in [0.15, 0.2) is 36.4 Å². The van der Waals surface area contributed by atoms with E-state index in [0.717, 1.165) is 66.1 Å². The highest BCUT2D eigenvalue weighted by Gasteiger charge is 2.24. The van der Waals surface area contributed by atoms with Gasteiger partial charge >= 0.3 is 0 Å². The Balaban J connectivity index is 1.34. The number of nitrogens with two attached hydrogens (primary N) is 2. The number of aliphatic hydroxyl groups excluding tert-OH is 1. The fourth-order valence-corrected chi connectivity index (χ4v) is 5.37. The fraction of sp³-hybridized carbons (Fsp3) is 0.440. The van der Waals surface area contributed by atoms with Crippen LogP contribution >= 0.6 is 11.3 Å². The molecule has 9 heteroatoms. The molecule has 0 aliphatic carbocycles. The van der Waals surface area contributed by atoms with E-state index >= 15 is 0 Å². The maximum atomic E-state index is 11.8. The minimum atomic E-state index is -0.567. The molecule has 1 saturated heterocycles. The molecule has 0 radical (unpaired) electrons. The lowest BCUT2D eigenvalue weighted by Crippen LogP contribution is -2.45. The number of carbonyl (C=O) groups is 1. The summed E-state index contributed by atoms with van der Waals surface area (Å²) < 4.78 is 5.63. The number of nitrogen functional groups attached to an aromatic ring is 1. The number of piperidine rings is 1. The zero-order valence-corrected chi connectivity index (χ0v) is 20.3. The molecule has 3 heterocycles. The normalized spacial score (nSPS) is 15.5. The van der Waals surface area contributed by atoms with E-state index in [2.05, 4.69) is 23.2 Å².